The maximum absolute atomic E-state index is 13.0. The molecule has 0 bridgehead atoms. The maximum Gasteiger partial charge on any atom is 0.243 e. The largest absolute Gasteiger partial charge is 0.294 e. The zero-order valence-corrected chi connectivity index (χ0v) is 11.3. The van der Waals surface area contributed by atoms with Gasteiger partial charge in [0, 0.05) is 11.0 Å². The Bertz CT molecular complexity index is 507. The Kier molecular flexibility index (Phi) is 3.77. The Morgan fingerprint density at radius 2 is 2.22 bits per heavy atom. The first-order chi connectivity index (χ1) is 8.47. The van der Waals surface area contributed by atoms with Crippen molar-refractivity contribution >= 4 is 27.7 Å². The van der Waals surface area contributed by atoms with Crippen molar-refractivity contribution in [2.75, 3.05) is 6.54 Å². The van der Waals surface area contributed by atoms with Crippen LogP contribution in [0.2, 0.25) is 0 Å². The molecule has 1 unspecified atom stereocenters. The molecule has 4 nitrogen and oxygen atoms in total. The minimum absolute atomic E-state index is 0.163. The molecule has 1 heterocycles. The van der Waals surface area contributed by atoms with Crippen molar-refractivity contribution in [1.82, 2.24) is 10.2 Å². The third-order valence-corrected chi connectivity index (χ3v) is 3.66. The summed E-state index contributed by atoms with van der Waals surface area (Å²) in [5.41, 5.74) is 0.839. The van der Waals surface area contributed by atoms with Gasteiger partial charge >= 0.3 is 0 Å². The number of nitrogens with one attached hydrogen (secondary N) is 1. The quantitative estimate of drug-likeness (QED) is 0.840. The van der Waals surface area contributed by atoms with Gasteiger partial charge in [-0.15, -0.1) is 0 Å². The summed E-state index contributed by atoms with van der Waals surface area (Å²) in [6, 6.07) is 3.99. The molecule has 1 N–H and O–H groups in total. The second-order valence-electron chi connectivity index (χ2n) is 4.23. The molecule has 96 valence electrons. The van der Waals surface area contributed by atoms with Gasteiger partial charge in [-0.3, -0.25) is 19.8 Å². The van der Waals surface area contributed by atoms with Crippen LogP contribution in [0.25, 0.3) is 0 Å². The number of carbonyl (C=O) groups is 2. The second-order valence-corrected chi connectivity index (χ2v) is 5.08. The molecule has 6 heteroatoms. The number of halogens is 2. The van der Waals surface area contributed by atoms with E-state index in [1.54, 1.807) is 17.9 Å². The lowest BCUT2D eigenvalue weighted by Crippen LogP contribution is -2.56. The first kappa shape index (κ1) is 13.2. The Balaban J connectivity index is 2.17. The molecule has 0 aromatic heterocycles. The smallest absolute Gasteiger partial charge is 0.243 e. The van der Waals surface area contributed by atoms with E-state index in [-0.39, 0.29) is 30.2 Å². The number of imide groups is 1. The highest BCUT2D eigenvalue weighted by atomic mass is 79.9. The topological polar surface area (TPSA) is 49.4 Å². The highest BCUT2D eigenvalue weighted by Gasteiger charge is 2.30. The molecule has 0 saturated carbocycles. The molecule has 0 radical (unpaired) electrons. The van der Waals surface area contributed by atoms with Crippen LogP contribution in [0, 0.1) is 5.82 Å². The van der Waals surface area contributed by atoms with Crippen LogP contribution >= 0.6 is 15.9 Å². The van der Waals surface area contributed by atoms with Gasteiger partial charge in [-0.2, -0.15) is 0 Å². The van der Waals surface area contributed by atoms with Gasteiger partial charge in [-0.25, -0.2) is 4.39 Å². The minimum Gasteiger partial charge on any atom is -0.294 e. The summed E-state index contributed by atoms with van der Waals surface area (Å²) < 4.78 is 13.6. The van der Waals surface area contributed by atoms with E-state index in [0.29, 0.717) is 11.0 Å². The van der Waals surface area contributed by atoms with E-state index in [1.807, 2.05) is 0 Å². The molecule has 0 spiro atoms. The molecule has 0 aliphatic carbocycles. The van der Waals surface area contributed by atoms with Gasteiger partial charge in [-0.05, 0) is 24.6 Å². The number of piperazine rings is 1. The fourth-order valence-corrected chi connectivity index (χ4v) is 2.31. The average Bonchev–Trinajstić information content (AvgIpc) is 2.29. The molecule has 1 saturated heterocycles. The molecular formula is C12H12BrFN2O2. The Labute approximate surface area is 112 Å². The van der Waals surface area contributed by atoms with E-state index in [4.69, 9.17) is 0 Å². The van der Waals surface area contributed by atoms with Crippen molar-refractivity contribution in [1.29, 1.82) is 0 Å². The van der Waals surface area contributed by atoms with Crippen LogP contribution in [-0.2, 0) is 16.1 Å². The standard InChI is InChI=1S/C12H12BrFN2O2/c1-7-12(18)15-11(17)6-16(7)5-8-2-3-9(14)4-10(8)13/h2-4,7H,5-6H2,1H3,(H,15,17,18). The van der Waals surface area contributed by atoms with Gasteiger partial charge in [-0.1, -0.05) is 22.0 Å². The van der Waals surface area contributed by atoms with E-state index in [9.17, 15) is 14.0 Å². The zero-order valence-electron chi connectivity index (χ0n) is 9.74. The lowest BCUT2D eigenvalue weighted by Gasteiger charge is -2.31. The lowest BCUT2D eigenvalue weighted by molar-refractivity contribution is -0.139. The molecular weight excluding hydrogens is 303 g/mol. The molecule has 2 amide bonds. The van der Waals surface area contributed by atoms with E-state index in [0.717, 1.165) is 5.56 Å². The van der Waals surface area contributed by atoms with E-state index >= 15 is 0 Å². The number of benzene rings is 1. The normalized spacial score (nSPS) is 20.9. The number of nitrogens with zero attached hydrogens (tertiary/aromatic N) is 1. The number of amides is 2. The van der Waals surface area contributed by atoms with Gasteiger partial charge in [0.05, 0.1) is 12.6 Å². The molecule has 2 rings (SSSR count). The summed E-state index contributed by atoms with van der Waals surface area (Å²) in [4.78, 5) is 24.6. The van der Waals surface area contributed by atoms with Crippen LogP contribution in [0.4, 0.5) is 4.39 Å². The van der Waals surface area contributed by atoms with Crippen LogP contribution in [0.3, 0.4) is 0 Å². The Hall–Kier alpha value is -1.27. The maximum atomic E-state index is 13.0. The zero-order chi connectivity index (χ0) is 13.3. The fourth-order valence-electron chi connectivity index (χ4n) is 1.83. The summed E-state index contributed by atoms with van der Waals surface area (Å²) in [5.74, 6) is -0.938. The number of hydrogen-bond acceptors (Lipinski definition) is 3. The van der Waals surface area contributed by atoms with Crippen molar-refractivity contribution in [2.24, 2.45) is 0 Å². The monoisotopic (exact) mass is 314 g/mol. The first-order valence-electron chi connectivity index (χ1n) is 5.49. The molecule has 1 fully saturated rings. The van der Waals surface area contributed by atoms with Gasteiger partial charge < -0.3 is 0 Å². The summed E-state index contributed by atoms with van der Waals surface area (Å²) in [5, 5.41) is 2.28. The van der Waals surface area contributed by atoms with E-state index in [1.165, 1.54) is 12.1 Å². The first-order valence-corrected chi connectivity index (χ1v) is 6.28. The molecule has 1 aliphatic heterocycles. The second kappa shape index (κ2) is 5.16. The third kappa shape index (κ3) is 2.76. The molecule has 18 heavy (non-hydrogen) atoms. The predicted molar refractivity (Wildman–Crippen MR) is 67.1 cm³/mol. The Morgan fingerprint density at radius 3 is 2.89 bits per heavy atom. The average molecular weight is 315 g/mol. The highest BCUT2D eigenvalue weighted by molar-refractivity contribution is 9.10. The molecule has 1 aliphatic rings. The van der Waals surface area contributed by atoms with Crippen LogP contribution in [0.15, 0.2) is 22.7 Å². The van der Waals surface area contributed by atoms with Gasteiger partial charge in [0.2, 0.25) is 11.8 Å². The lowest BCUT2D eigenvalue weighted by atomic mass is 10.1. The van der Waals surface area contributed by atoms with Gasteiger partial charge in [0.25, 0.3) is 0 Å². The molecule has 1 atom stereocenters. The summed E-state index contributed by atoms with van der Waals surface area (Å²) in [7, 11) is 0. The Morgan fingerprint density at radius 1 is 1.50 bits per heavy atom. The van der Waals surface area contributed by atoms with Crippen molar-refractivity contribution in [3.05, 3.63) is 34.1 Å². The number of hydrogen-bond donors (Lipinski definition) is 1. The van der Waals surface area contributed by atoms with Crippen molar-refractivity contribution in [3.63, 3.8) is 0 Å². The van der Waals surface area contributed by atoms with Crippen LogP contribution in [0.5, 0.6) is 0 Å². The number of carbonyl (C=O) groups excluding carboxylic acids is 2. The summed E-state index contributed by atoms with van der Waals surface area (Å²) in [6.07, 6.45) is 0. The van der Waals surface area contributed by atoms with Crippen LogP contribution in [-0.4, -0.2) is 29.3 Å². The summed E-state index contributed by atoms with van der Waals surface area (Å²) >= 11 is 3.27. The third-order valence-electron chi connectivity index (χ3n) is 2.93. The van der Waals surface area contributed by atoms with Crippen LogP contribution < -0.4 is 5.32 Å². The predicted octanol–water partition coefficient (Wildman–Crippen LogP) is 1.44. The van der Waals surface area contributed by atoms with Crippen LogP contribution in [0.1, 0.15) is 12.5 Å². The van der Waals surface area contributed by atoms with Crippen molar-refractivity contribution in [2.45, 2.75) is 19.5 Å². The SMILES string of the molecule is CC1C(=O)NC(=O)CN1Cc1ccc(F)cc1Br. The van der Waals surface area contributed by atoms with Gasteiger partial charge in [0.1, 0.15) is 5.82 Å². The van der Waals surface area contributed by atoms with E-state index in [2.05, 4.69) is 21.2 Å². The number of rotatable bonds is 2. The van der Waals surface area contributed by atoms with E-state index < -0.39 is 0 Å². The van der Waals surface area contributed by atoms with Crippen molar-refractivity contribution in [3.8, 4) is 0 Å². The molecule has 1 aromatic rings. The highest BCUT2D eigenvalue weighted by Crippen LogP contribution is 2.21. The van der Waals surface area contributed by atoms with Crippen molar-refractivity contribution < 1.29 is 14.0 Å². The molecule has 1 aromatic carbocycles. The summed E-state index contributed by atoms with van der Waals surface area (Å²) in [6.45, 7) is 2.32. The minimum atomic E-state index is -0.375. The fraction of sp³-hybridized carbons (Fsp3) is 0.333. The van der Waals surface area contributed by atoms with Gasteiger partial charge in [0.15, 0.2) is 0 Å².